The number of esters is 1. The number of nitrogens with one attached hydrogen (secondary N) is 1. The normalized spacial score (nSPS) is 14.3. The fourth-order valence-corrected chi connectivity index (χ4v) is 6.69. The average Bonchev–Trinajstić information content (AvgIpc) is 3.37. The summed E-state index contributed by atoms with van der Waals surface area (Å²) >= 11 is 15.0. The van der Waals surface area contributed by atoms with E-state index in [2.05, 4.69) is 37.2 Å². The number of methoxy groups -OCH3 is 1. The van der Waals surface area contributed by atoms with Gasteiger partial charge in [-0.05, 0) is 76.8 Å². The van der Waals surface area contributed by atoms with Gasteiger partial charge in [0.05, 0.1) is 23.8 Å². The third kappa shape index (κ3) is 6.64. The van der Waals surface area contributed by atoms with Gasteiger partial charge in [0.15, 0.2) is 11.5 Å². The Bertz CT molecular complexity index is 1660. The van der Waals surface area contributed by atoms with Crippen molar-refractivity contribution >= 4 is 67.1 Å². The lowest BCUT2D eigenvalue weighted by atomic mass is 9.95. The third-order valence-corrected chi connectivity index (χ3v) is 8.82. The second-order valence-electron chi connectivity index (χ2n) is 9.28. The molecule has 1 aromatic heterocycles. The van der Waals surface area contributed by atoms with E-state index in [0.29, 0.717) is 55.7 Å². The van der Waals surface area contributed by atoms with Crippen LogP contribution in [-0.2, 0) is 21.9 Å². The number of fused-ring (bicyclic) bond motifs is 1. The molecule has 2 heterocycles. The minimum absolute atomic E-state index is 0.237. The van der Waals surface area contributed by atoms with Crippen molar-refractivity contribution in [1.82, 2.24) is 14.8 Å². The van der Waals surface area contributed by atoms with Crippen LogP contribution in [0.1, 0.15) is 36.6 Å². The summed E-state index contributed by atoms with van der Waals surface area (Å²) in [5.74, 6) is 1.71. The van der Waals surface area contributed by atoms with Gasteiger partial charge in [-0.2, -0.15) is 4.98 Å². The van der Waals surface area contributed by atoms with Gasteiger partial charge in [-0.3, -0.25) is 0 Å². The zero-order valence-electron chi connectivity index (χ0n) is 23.0. The van der Waals surface area contributed by atoms with Crippen LogP contribution in [-0.4, -0.2) is 34.5 Å². The van der Waals surface area contributed by atoms with Gasteiger partial charge in [0.1, 0.15) is 12.6 Å². The number of carbonyl (C=O) groups excluding carboxylic acids is 1. The van der Waals surface area contributed by atoms with Gasteiger partial charge in [-0.1, -0.05) is 69.6 Å². The van der Waals surface area contributed by atoms with Gasteiger partial charge in [-0.25, -0.2) is 9.48 Å². The molecule has 1 unspecified atom stereocenters. The van der Waals surface area contributed by atoms with E-state index in [1.807, 2.05) is 67.6 Å². The van der Waals surface area contributed by atoms with Crippen LogP contribution in [0, 0.1) is 0 Å². The zero-order valence-corrected chi connectivity index (χ0v) is 27.7. The van der Waals surface area contributed by atoms with Crippen molar-refractivity contribution in [3.05, 3.63) is 103 Å². The Labute approximate surface area is 270 Å². The molecule has 0 aliphatic carbocycles. The molecule has 218 valence electrons. The van der Waals surface area contributed by atoms with Crippen molar-refractivity contribution in [2.24, 2.45) is 0 Å². The maximum absolute atomic E-state index is 13.3. The monoisotopic (exact) mass is 732 g/mol. The van der Waals surface area contributed by atoms with E-state index in [1.165, 1.54) is 11.8 Å². The molecule has 1 atom stereocenters. The molecule has 4 aromatic rings. The largest absolute Gasteiger partial charge is 0.493 e. The summed E-state index contributed by atoms with van der Waals surface area (Å²) in [5, 5.41) is 9.26. The Morgan fingerprint density at radius 2 is 1.95 bits per heavy atom. The highest BCUT2D eigenvalue weighted by Crippen LogP contribution is 2.43. The van der Waals surface area contributed by atoms with Gasteiger partial charge in [0.25, 0.3) is 0 Å². The molecule has 8 nitrogen and oxygen atoms in total. The second-order valence-corrected chi connectivity index (χ2v) is 12.4. The number of benzene rings is 3. The number of thioether (sulfide) groups is 1. The van der Waals surface area contributed by atoms with Crippen LogP contribution >= 0.6 is 55.2 Å². The van der Waals surface area contributed by atoms with Crippen molar-refractivity contribution in [2.45, 2.75) is 37.4 Å². The molecule has 0 amide bonds. The number of aromatic nitrogens is 3. The molecule has 5 rings (SSSR count). The number of nitrogens with zero attached hydrogens (tertiary/aromatic N) is 3. The van der Waals surface area contributed by atoms with Crippen LogP contribution in [0.25, 0.3) is 0 Å². The third-order valence-electron chi connectivity index (χ3n) is 6.48. The molecule has 1 N–H and O–H groups in total. The van der Waals surface area contributed by atoms with E-state index in [1.54, 1.807) is 18.7 Å². The molecule has 1 aliphatic heterocycles. The topological polar surface area (TPSA) is 87.5 Å². The first-order chi connectivity index (χ1) is 20.3. The zero-order chi connectivity index (χ0) is 29.8. The molecule has 0 fully saturated rings. The summed E-state index contributed by atoms with van der Waals surface area (Å²) in [6, 6.07) is 18.7. The Morgan fingerprint density at radius 1 is 1.14 bits per heavy atom. The number of hydrogen-bond donors (Lipinski definition) is 1. The van der Waals surface area contributed by atoms with E-state index < -0.39 is 12.0 Å². The molecule has 0 saturated carbocycles. The van der Waals surface area contributed by atoms with Crippen LogP contribution in [0.4, 0.5) is 5.95 Å². The Morgan fingerprint density at radius 3 is 2.69 bits per heavy atom. The van der Waals surface area contributed by atoms with Crippen molar-refractivity contribution in [3.63, 3.8) is 0 Å². The van der Waals surface area contributed by atoms with Crippen molar-refractivity contribution in [1.29, 1.82) is 0 Å². The van der Waals surface area contributed by atoms with Gasteiger partial charge >= 0.3 is 5.97 Å². The van der Waals surface area contributed by atoms with E-state index in [0.717, 1.165) is 21.2 Å². The number of hydrogen-bond acceptors (Lipinski definition) is 8. The number of carbonyl (C=O) groups is 1. The van der Waals surface area contributed by atoms with Gasteiger partial charge < -0.3 is 19.5 Å². The van der Waals surface area contributed by atoms with Crippen molar-refractivity contribution < 1.29 is 19.0 Å². The Kier molecular flexibility index (Phi) is 9.82. The average molecular weight is 735 g/mol. The van der Waals surface area contributed by atoms with Crippen LogP contribution in [0.5, 0.6) is 11.5 Å². The first kappa shape index (κ1) is 30.5. The summed E-state index contributed by atoms with van der Waals surface area (Å²) in [6.07, 6.45) is 0. The lowest BCUT2D eigenvalue weighted by molar-refractivity contribution is -0.139. The number of halogens is 3. The minimum Gasteiger partial charge on any atom is -0.493 e. The molecule has 0 radical (unpaired) electrons. The summed E-state index contributed by atoms with van der Waals surface area (Å²) in [6.45, 7) is 4.18. The molecule has 12 heteroatoms. The number of ether oxygens (including phenoxy) is 3. The molecule has 0 bridgehead atoms. The van der Waals surface area contributed by atoms with E-state index >= 15 is 0 Å². The molecule has 3 aromatic carbocycles. The summed E-state index contributed by atoms with van der Waals surface area (Å²) in [4.78, 5) is 18.0. The second kappa shape index (κ2) is 13.5. The lowest BCUT2D eigenvalue weighted by Gasteiger charge is -2.28. The highest BCUT2D eigenvalue weighted by atomic mass is 79.9. The highest BCUT2D eigenvalue weighted by Gasteiger charge is 2.36. The quantitative estimate of drug-likeness (QED) is 0.129. The van der Waals surface area contributed by atoms with E-state index in [-0.39, 0.29) is 6.61 Å². The summed E-state index contributed by atoms with van der Waals surface area (Å²) in [7, 11) is 1.58. The summed E-state index contributed by atoms with van der Waals surface area (Å²) in [5.41, 5.74) is 3.78. The van der Waals surface area contributed by atoms with Crippen LogP contribution in [0.2, 0.25) is 5.02 Å². The van der Waals surface area contributed by atoms with Crippen molar-refractivity contribution in [3.8, 4) is 11.5 Å². The SMILES string of the molecule is CCOC(=O)C1=C(C)Nc2nc(SCc3ccccc3Cl)nn2C1c1cc(Br)c(OCc2cccc(Br)c2)c(OC)c1. The fourth-order valence-electron chi connectivity index (χ4n) is 4.55. The summed E-state index contributed by atoms with van der Waals surface area (Å²) < 4.78 is 20.7. The first-order valence-corrected chi connectivity index (χ1v) is 16.0. The van der Waals surface area contributed by atoms with Gasteiger partial charge in [0.2, 0.25) is 11.1 Å². The predicted octanol–water partition coefficient (Wildman–Crippen LogP) is 8.19. The molecule has 42 heavy (non-hydrogen) atoms. The lowest BCUT2D eigenvalue weighted by Crippen LogP contribution is -2.29. The Balaban J connectivity index is 1.51. The van der Waals surface area contributed by atoms with Gasteiger partial charge in [0, 0.05) is 20.9 Å². The molecule has 0 spiro atoms. The molecular weight excluding hydrogens is 708 g/mol. The van der Waals surface area contributed by atoms with Crippen molar-refractivity contribution in [2.75, 3.05) is 19.0 Å². The van der Waals surface area contributed by atoms with Crippen LogP contribution in [0.3, 0.4) is 0 Å². The number of anilines is 1. The number of rotatable bonds is 10. The number of allylic oxidation sites excluding steroid dienone is 1. The predicted molar refractivity (Wildman–Crippen MR) is 171 cm³/mol. The smallest absolute Gasteiger partial charge is 0.338 e. The first-order valence-electron chi connectivity index (χ1n) is 13.0. The molecular formula is C30H27Br2ClN4O4S. The molecule has 1 aliphatic rings. The van der Waals surface area contributed by atoms with E-state index in [9.17, 15) is 4.79 Å². The van der Waals surface area contributed by atoms with Crippen LogP contribution < -0.4 is 14.8 Å². The maximum atomic E-state index is 13.3. The van der Waals surface area contributed by atoms with Crippen LogP contribution in [0.15, 0.2) is 86.0 Å². The maximum Gasteiger partial charge on any atom is 0.338 e. The fraction of sp³-hybridized carbons (Fsp3) is 0.233. The highest BCUT2D eigenvalue weighted by molar-refractivity contribution is 9.10. The molecule has 0 saturated heterocycles. The van der Waals surface area contributed by atoms with Gasteiger partial charge in [-0.15, -0.1) is 5.10 Å². The minimum atomic E-state index is -0.633. The van der Waals surface area contributed by atoms with E-state index in [4.69, 9.17) is 35.9 Å². The standard InChI is InChI=1S/C30H27Br2ClN4O4S/c1-4-40-28(38)25-17(2)34-29-35-30(42-16-19-9-5-6-11-23(19)33)36-37(29)26(25)20-13-22(32)27(24(14-20)39-3)41-15-18-8-7-10-21(31)12-18/h5-14,26H,4,15-16H2,1-3H3,(H,34,35,36). The Hall–Kier alpha value is -2.99.